The number of morpholine rings is 1. The van der Waals surface area contributed by atoms with E-state index in [-0.39, 0.29) is 11.2 Å². The van der Waals surface area contributed by atoms with Crippen molar-refractivity contribution in [1.29, 1.82) is 0 Å². The zero-order valence-electron chi connectivity index (χ0n) is 15.1. The maximum atomic E-state index is 14.2. The fourth-order valence-corrected chi connectivity index (χ4v) is 2.56. The van der Waals surface area contributed by atoms with Crippen molar-refractivity contribution >= 4 is 11.9 Å². The summed E-state index contributed by atoms with van der Waals surface area (Å²) in [6.45, 7) is 12.4. The quantitative estimate of drug-likeness (QED) is 0.776. The van der Waals surface area contributed by atoms with Crippen LogP contribution in [-0.2, 0) is 4.74 Å². The largest absolute Gasteiger partial charge is 0.381 e. The average Bonchev–Trinajstić information content (AvgIpc) is 2.54. The summed E-state index contributed by atoms with van der Waals surface area (Å²) in [6, 6.07) is 5.12. The van der Waals surface area contributed by atoms with Crippen molar-refractivity contribution < 1.29 is 9.13 Å². The summed E-state index contributed by atoms with van der Waals surface area (Å²) in [4.78, 5) is 6.80. The number of para-hydroxylation sites is 1. The van der Waals surface area contributed by atoms with Gasteiger partial charge in [-0.25, -0.2) is 4.39 Å². The Morgan fingerprint density at radius 1 is 1.29 bits per heavy atom. The van der Waals surface area contributed by atoms with Gasteiger partial charge in [-0.2, -0.15) is 0 Å². The van der Waals surface area contributed by atoms with Crippen molar-refractivity contribution in [1.82, 2.24) is 4.90 Å². The molecule has 0 amide bonds. The number of nitrogens with one attached hydrogen (secondary N) is 1. The Bertz CT molecular complexity index is 534. The van der Waals surface area contributed by atoms with E-state index in [1.165, 1.54) is 6.07 Å². The maximum Gasteiger partial charge on any atom is 0.146 e. The zero-order valence-corrected chi connectivity index (χ0v) is 15.1. The number of rotatable bonds is 7. The Kier molecular flexibility index (Phi) is 7.18. The number of aliphatic imine (C=N–C) groups is 1. The lowest BCUT2D eigenvalue weighted by Gasteiger charge is -2.26. The molecule has 134 valence electrons. The highest BCUT2D eigenvalue weighted by Crippen LogP contribution is 2.20. The molecule has 2 rings (SSSR count). The van der Waals surface area contributed by atoms with E-state index in [9.17, 15) is 4.39 Å². The van der Waals surface area contributed by atoms with E-state index in [1.54, 1.807) is 12.3 Å². The van der Waals surface area contributed by atoms with Gasteiger partial charge in [-0.3, -0.25) is 9.89 Å². The molecule has 24 heavy (non-hydrogen) atoms. The summed E-state index contributed by atoms with van der Waals surface area (Å²) >= 11 is 0. The molecular formula is C19H30FN3O. The van der Waals surface area contributed by atoms with E-state index >= 15 is 0 Å². The Hall–Kier alpha value is -1.46. The van der Waals surface area contributed by atoms with Crippen LogP contribution in [0.3, 0.4) is 0 Å². The molecule has 1 fully saturated rings. The van der Waals surface area contributed by atoms with E-state index in [2.05, 4.69) is 36.0 Å². The minimum Gasteiger partial charge on any atom is -0.381 e. The number of ether oxygens (including phenoxy) is 1. The lowest BCUT2D eigenvalue weighted by Crippen LogP contribution is -2.39. The lowest BCUT2D eigenvalue weighted by molar-refractivity contribution is 0.0398. The summed E-state index contributed by atoms with van der Waals surface area (Å²) in [5.41, 5.74) is 1.62. The van der Waals surface area contributed by atoms with Crippen LogP contribution in [0, 0.1) is 11.2 Å². The molecule has 1 saturated heterocycles. The third-order valence-corrected chi connectivity index (χ3v) is 4.10. The number of benzene rings is 1. The van der Waals surface area contributed by atoms with Gasteiger partial charge < -0.3 is 10.1 Å². The minimum atomic E-state index is -0.225. The molecule has 1 aliphatic rings. The van der Waals surface area contributed by atoms with Crippen LogP contribution < -0.4 is 5.32 Å². The standard InChI is InChI=1S/C19H30FN3O/c1-19(2,3)7-8-21-15-16-5-4-6-17(20)18(16)22-9-10-23-11-13-24-14-12-23/h4-6,15,22H,7-14H2,1-3H3. The number of halogens is 1. The van der Waals surface area contributed by atoms with Crippen LogP contribution in [-0.4, -0.2) is 57.1 Å². The molecule has 1 N–H and O–H groups in total. The van der Waals surface area contributed by atoms with Crippen molar-refractivity contribution in [3.8, 4) is 0 Å². The fourth-order valence-electron chi connectivity index (χ4n) is 2.56. The number of anilines is 1. The highest BCUT2D eigenvalue weighted by Gasteiger charge is 2.11. The maximum absolute atomic E-state index is 14.2. The second-order valence-electron chi connectivity index (χ2n) is 7.43. The molecule has 1 aromatic carbocycles. The first-order chi connectivity index (χ1) is 11.5. The zero-order chi connectivity index (χ0) is 17.4. The van der Waals surface area contributed by atoms with Gasteiger partial charge >= 0.3 is 0 Å². The van der Waals surface area contributed by atoms with Crippen molar-refractivity contribution in [2.75, 3.05) is 51.3 Å². The number of hydrogen-bond acceptors (Lipinski definition) is 4. The van der Waals surface area contributed by atoms with Crippen molar-refractivity contribution in [3.05, 3.63) is 29.6 Å². The van der Waals surface area contributed by atoms with E-state index < -0.39 is 0 Å². The summed E-state index contributed by atoms with van der Waals surface area (Å²) in [5.74, 6) is -0.225. The minimum absolute atomic E-state index is 0.225. The van der Waals surface area contributed by atoms with E-state index in [4.69, 9.17) is 4.74 Å². The van der Waals surface area contributed by atoms with Gasteiger partial charge in [0.15, 0.2) is 0 Å². The van der Waals surface area contributed by atoms with Crippen LogP contribution in [0.4, 0.5) is 10.1 Å². The van der Waals surface area contributed by atoms with Crippen LogP contribution in [0.25, 0.3) is 0 Å². The van der Waals surface area contributed by atoms with Crippen molar-refractivity contribution in [2.24, 2.45) is 10.4 Å². The second kappa shape index (κ2) is 9.14. The molecule has 0 radical (unpaired) electrons. The molecule has 4 nitrogen and oxygen atoms in total. The van der Waals surface area contributed by atoms with Gasteiger partial charge in [0.25, 0.3) is 0 Å². The van der Waals surface area contributed by atoms with Crippen molar-refractivity contribution in [3.63, 3.8) is 0 Å². The molecule has 0 unspecified atom stereocenters. The summed E-state index contributed by atoms with van der Waals surface area (Å²) < 4.78 is 19.5. The van der Waals surface area contributed by atoms with Gasteiger partial charge in [-0.1, -0.05) is 32.9 Å². The van der Waals surface area contributed by atoms with Crippen LogP contribution in [0.2, 0.25) is 0 Å². The monoisotopic (exact) mass is 335 g/mol. The predicted octanol–water partition coefficient (Wildman–Crippen LogP) is 3.42. The van der Waals surface area contributed by atoms with Crippen molar-refractivity contribution in [2.45, 2.75) is 27.2 Å². The molecule has 1 aliphatic heterocycles. The van der Waals surface area contributed by atoms with Crippen LogP contribution in [0.1, 0.15) is 32.8 Å². The van der Waals surface area contributed by atoms with Crippen LogP contribution >= 0.6 is 0 Å². The van der Waals surface area contributed by atoms with Gasteiger partial charge in [0.05, 0.1) is 18.9 Å². The normalized spacial score (nSPS) is 16.7. The second-order valence-corrected chi connectivity index (χ2v) is 7.43. The Labute approximate surface area is 145 Å². The molecule has 0 saturated carbocycles. The molecule has 0 spiro atoms. The topological polar surface area (TPSA) is 36.9 Å². The van der Waals surface area contributed by atoms with Gasteiger partial charge in [-0.15, -0.1) is 0 Å². The molecule has 0 aromatic heterocycles. The van der Waals surface area contributed by atoms with Gasteiger partial charge in [0, 0.05) is 44.5 Å². The third-order valence-electron chi connectivity index (χ3n) is 4.10. The Balaban J connectivity index is 1.89. The first kappa shape index (κ1) is 18.9. The third kappa shape index (κ3) is 6.57. The molecule has 0 atom stereocenters. The van der Waals surface area contributed by atoms with E-state index in [0.717, 1.165) is 51.4 Å². The Morgan fingerprint density at radius 3 is 2.75 bits per heavy atom. The van der Waals surface area contributed by atoms with Gasteiger partial charge in [-0.05, 0) is 17.9 Å². The average molecular weight is 335 g/mol. The van der Waals surface area contributed by atoms with E-state index in [0.29, 0.717) is 12.2 Å². The van der Waals surface area contributed by atoms with Gasteiger partial charge in [0.2, 0.25) is 0 Å². The predicted molar refractivity (Wildman–Crippen MR) is 98.7 cm³/mol. The molecule has 0 bridgehead atoms. The highest BCUT2D eigenvalue weighted by atomic mass is 19.1. The first-order valence-corrected chi connectivity index (χ1v) is 8.78. The molecule has 1 heterocycles. The smallest absolute Gasteiger partial charge is 0.146 e. The fraction of sp³-hybridized carbons (Fsp3) is 0.632. The number of nitrogens with zero attached hydrogens (tertiary/aromatic N) is 2. The molecular weight excluding hydrogens is 305 g/mol. The van der Waals surface area contributed by atoms with Gasteiger partial charge in [0.1, 0.15) is 5.82 Å². The lowest BCUT2D eigenvalue weighted by atomic mass is 9.92. The highest BCUT2D eigenvalue weighted by molar-refractivity contribution is 5.87. The SMILES string of the molecule is CC(C)(C)CCN=Cc1cccc(F)c1NCCN1CCOCC1. The summed E-state index contributed by atoms with van der Waals surface area (Å²) in [7, 11) is 0. The number of hydrogen-bond donors (Lipinski definition) is 1. The summed E-state index contributed by atoms with van der Waals surface area (Å²) in [5, 5.41) is 3.24. The summed E-state index contributed by atoms with van der Waals surface area (Å²) in [6.07, 6.45) is 2.80. The molecule has 5 heteroatoms. The Morgan fingerprint density at radius 2 is 2.04 bits per heavy atom. The molecule has 1 aromatic rings. The van der Waals surface area contributed by atoms with E-state index in [1.807, 2.05) is 6.07 Å². The molecule has 0 aliphatic carbocycles. The first-order valence-electron chi connectivity index (χ1n) is 8.78. The van der Waals surface area contributed by atoms with Crippen LogP contribution in [0.5, 0.6) is 0 Å². The van der Waals surface area contributed by atoms with Crippen LogP contribution in [0.15, 0.2) is 23.2 Å².